The number of ether oxygens (including phenoxy) is 1. The Hall–Kier alpha value is -0.960. The molecular formula is C17H24O2S. The Morgan fingerprint density at radius 3 is 2.45 bits per heavy atom. The molecule has 2 rings (SSSR count). The van der Waals surface area contributed by atoms with Gasteiger partial charge in [0.05, 0.1) is 5.92 Å². The molecule has 0 aliphatic carbocycles. The molecule has 20 heavy (non-hydrogen) atoms. The summed E-state index contributed by atoms with van der Waals surface area (Å²) in [6, 6.07) is 10.4. The van der Waals surface area contributed by atoms with Crippen molar-refractivity contribution in [3.8, 4) is 0 Å². The maximum Gasteiger partial charge on any atom is 0.309 e. The second-order valence-corrected chi connectivity index (χ2v) is 7.89. The molecule has 1 heterocycles. The number of esters is 1. The molecule has 1 saturated heterocycles. The van der Waals surface area contributed by atoms with Crippen molar-refractivity contribution in [1.29, 1.82) is 0 Å². The van der Waals surface area contributed by atoms with E-state index in [2.05, 4.69) is 45.0 Å². The minimum absolute atomic E-state index is 0.00825. The number of cyclic esters (lactones) is 1. The first-order chi connectivity index (χ1) is 9.37. The second kappa shape index (κ2) is 6.21. The average molecular weight is 292 g/mol. The van der Waals surface area contributed by atoms with Crippen molar-refractivity contribution in [3.05, 3.63) is 30.3 Å². The third-order valence-corrected chi connectivity index (χ3v) is 4.90. The molecule has 1 aliphatic heterocycles. The Kier molecular flexibility index (Phi) is 4.79. The van der Waals surface area contributed by atoms with Gasteiger partial charge in [0.1, 0.15) is 6.10 Å². The summed E-state index contributed by atoms with van der Waals surface area (Å²) in [7, 11) is 0. The summed E-state index contributed by atoms with van der Waals surface area (Å²) in [5.41, 5.74) is 0.156. The SMILES string of the molecule is C[C@@H]1OC(=O)[C@H](CC(C)(C)C)[C@H]1CSc1ccccc1. The van der Waals surface area contributed by atoms with E-state index in [1.165, 1.54) is 4.90 Å². The zero-order chi connectivity index (χ0) is 14.8. The van der Waals surface area contributed by atoms with Gasteiger partial charge in [-0.3, -0.25) is 4.79 Å². The molecular weight excluding hydrogens is 268 g/mol. The lowest BCUT2D eigenvalue weighted by atomic mass is 9.79. The highest BCUT2D eigenvalue weighted by molar-refractivity contribution is 7.99. The Bertz CT molecular complexity index is 450. The fourth-order valence-electron chi connectivity index (χ4n) is 2.72. The molecule has 0 unspecified atom stereocenters. The number of benzene rings is 1. The van der Waals surface area contributed by atoms with Crippen LogP contribution in [0, 0.1) is 17.3 Å². The summed E-state index contributed by atoms with van der Waals surface area (Å²) in [4.78, 5) is 13.3. The Labute approximate surface area is 126 Å². The molecule has 1 aromatic carbocycles. The van der Waals surface area contributed by atoms with Gasteiger partial charge in [0, 0.05) is 16.6 Å². The van der Waals surface area contributed by atoms with Crippen LogP contribution in [0.25, 0.3) is 0 Å². The largest absolute Gasteiger partial charge is 0.462 e. The molecule has 0 spiro atoms. The monoisotopic (exact) mass is 292 g/mol. The van der Waals surface area contributed by atoms with Gasteiger partial charge in [0.2, 0.25) is 0 Å². The number of thioether (sulfide) groups is 1. The van der Waals surface area contributed by atoms with Crippen molar-refractivity contribution in [2.75, 3.05) is 5.75 Å². The zero-order valence-electron chi connectivity index (χ0n) is 12.8. The average Bonchev–Trinajstić information content (AvgIpc) is 2.61. The molecule has 0 N–H and O–H groups in total. The van der Waals surface area contributed by atoms with E-state index in [0.29, 0.717) is 5.92 Å². The highest BCUT2D eigenvalue weighted by Crippen LogP contribution is 2.39. The first-order valence-electron chi connectivity index (χ1n) is 7.25. The first kappa shape index (κ1) is 15.4. The fraction of sp³-hybridized carbons (Fsp3) is 0.588. The molecule has 0 bridgehead atoms. The molecule has 0 saturated carbocycles. The minimum atomic E-state index is -0.00825. The topological polar surface area (TPSA) is 26.3 Å². The van der Waals surface area contributed by atoms with Crippen LogP contribution in [0.4, 0.5) is 0 Å². The number of rotatable bonds is 4. The number of hydrogen-bond donors (Lipinski definition) is 0. The van der Waals surface area contributed by atoms with E-state index in [1.807, 2.05) is 24.8 Å². The zero-order valence-corrected chi connectivity index (χ0v) is 13.6. The van der Waals surface area contributed by atoms with Crippen LogP contribution in [0.2, 0.25) is 0 Å². The first-order valence-corrected chi connectivity index (χ1v) is 8.24. The van der Waals surface area contributed by atoms with Gasteiger partial charge in [0.25, 0.3) is 0 Å². The van der Waals surface area contributed by atoms with Crippen LogP contribution in [-0.2, 0) is 9.53 Å². The van der Waals surface area contributed by atoms with E-state index in [0.717, 1.165) is 12.2 Å². The van der Waals surface area contributed by atoms with Crippen molar-refractivity contribution in [1.82, 2.24) is 0 Å². The van der Waals surface area contributed by atoms with E-state index in [9.17, 15) is 4.79 Å². The number of carbonyl (C=O) groups is 1. The van der Waals surface area contributed by atoms with E-state index in [4.69, 9.17) is 4.74 Å². The number of carbonyl (C=O) groups excluding carboxylic acids is 1. The molecule has 2 nitrogen and oxygen atoms in total. The smallest absolute Gasteiger partial charge is 0.309 e. The Morgan fingerprint density at radius 2 is 1.85 bits per heavy atom. The highest BCUT2D eigenvalue weighted by atomic mass is 32.2. The molecule has 110 valence electrons. The van der Waals surface area contributed by atoms with Crippen LogP contribution in [-0.4, -0.2) is 17.8 Å². The lowest BCUT2D eigenvalue weighted by molar-refractivity contribution is -0.144. The van der Waals surface area contributed by atoms with Gasteiger partial charge in [-0.15, -0.1) is 11.8 Å². The maximum atomic E-state index is 12.1. The highest BCUT2D eigenvalue weighted by Gasteiger charge is 2.43. The van der Waals surface area contributed by atoms with Gasteiger partial charge in [-0.25, -0.2) is 0 Å². The molecule has 3 atom stereocenters. The van der Waals surface area contributed by atoms with Gasteiger partial charge in [-0.2, -0.15) is 0 Å². The summed E-state index contributed by atoms with van der Waals surface area (Å²) in [6.45, 7) is 8.58. The summed E-state index contributed by atoms with van der Waals surface area (Å²) >= 11 is 1.82. The van der Waals surface area contributed by atoms with Crippen LogP contribution < -0.4 is 0 Å². The lowest BCUT2D eigenvalue weighted by Gasteiger charge is -2.25. The standard InChI is InChI=1S/C17H24O2S/c1-12-15(11-20-13-8-6-5-7-9-13)14(16(18)19-12)10-17(2,3)4/h5-9,12,14-15H,10-11H2,1-4H3/t12-,14+,15-/m0/s1. The fourth-order valence-corrected chi connectivity index (χ4v) is 3.95. The molecule has 0 radical (unpaired) electrons. The van der Waals surface area contributed by atoms with Crippen LogP contribution >= 0.6 is 11.8 Å². The quantitative estimate of drug-likeness (QED) is 0.608. The van der Waals surface area contributed by atoms with E-state index < -0.39 is 0 Å². The summed E-state index contributed by atoms with van der Waals surface area (Å²) in [5.74, 6) is 1.29. The van der Waals surface area contributed by atoms with Gasteiger partial charge >= 0.3 is 5.97 Å². The maximum absolute atomic E-state index is 12.1. The van der Waals surface area contributed by atoms with Crippen LogP contribution in [0.5, 0.6) is 0 Å². The van der Waals surface area contributed by atoms with Crippen molar-refractivity contribution < 1.29 is 9.53 Å². The summed E-state index contributed by atoms with van der Waals surface area (Å²) in [5, 5.41) is 0. The molecule has 0 amide bonds. The predicted molar refractivity (Wildman–Crippen MR) is 83.8 cm³/mol. The summed E-state index contributed by atoms with van der Waals surface area (Å²) in [6.07, 6.45) is 0.932. The minimum Gasteiger partial charge on any atom is -0.462 e. The van der Waals surface area contributed by atoms with Gasteiger partial charge in [-0.05, 0) is 30.9 Å². The van der Waals surface area contributed by atoms with Crippen LogP contribution in [0.15, 0.2) is 35.2 Å². The second-order valence-electron chi connectivity index (χ2n) is 6.80. The third-order valence-electron chi connectivity index (χ3n) is 3.74. The third kappa shape index (κ3) is 4.02. The normalized spacial score (nSPS) is 26.6. The predicted octanol–water partition coefficient (Wildman–Crippen LogP) is 4.39. The van der Waals surface area contributed by atoms with Gasteiger partial charge in [0.15, 0.2) is 0 Å². The number of hydrogen-bond acceptors (Lipinski definition) is 3. The molecule has 1 aliphatic rings. The lowest BCUT2D eigenvalue weighted by Crippen LogP contribution is -2.26. The molecule has 0 aromatic heterocycles. The van der Waals surface area contributed by atoms with E-state index in [-0.39, 0.29) is 23.4 Å². The van der Waals surface area contributed by atoms with E-state index in [1.54, 1.807) is 0 Å². The molecule has 1 aromatic rings. The van der Waals surface area contributed by atoms with Gasteiger partial charge < -0.3 is 4.74 Å². The van der Waals surface area contributed by atoms with Crippen LogP contribution in [0.1, 0.15) is 34.1 Å². The van der Waals surface area contributed by atoms with E-state index >= 15 is 0 Å². The van der Waals surface area contributed by atoms with Crippen molar-refractivity contribution in [3.63, 3.8) is 0 Å². The van der Waals surface area contributed by atoms with Crippen molar-refractivity contribution >= 4 is 17.7 Å². The van der Waals surface area contributed by atoms with Gasteiger partial charge in [-0.1, -0.05) is 39.0 Å². The Morgan fingerprint density at radius 1 is 1.20 bits per heavy atom. The molecule has 3 heteroatoms. The Balaban J connectivity index is 2.01. The summed E-state index contributed by atoms with van der Waals surface area (Å²) < 4.78 is 5.47. The van der Waals surface area contributed by atoms with Crippen LogP contribution in [0.3, 0.4) is 0 Å². The van der Waals surface area contributed by atoms with Crippen molar-refractivity contribution in [2.45, 2.75) is 45.1 Å². The molecule has 1 fully saturated rings. The van der Waals surface area contributed by atoms with Crippen molar-refractivity contribution in [2.24, 2.45) is 17.3 Å².